The first-order valence-corrected chi connectivity index (χ1v) is 7.85. The third-order valence-electron chi connectivity index (χ3n) is 3.81. The van der Waals surface area contributed by atoms with Crippen molar-refractivity contribution in [3.8, 4) is 0 Å². The van der Waals surface area contributed by atoms with Gasteiger partial charge in [-0.15, -0.1) is 0 Å². The second kappa shape index (κ2) is 5.57. The highest BCUT2D eigenvalue weighted by molar-refractivity contribution is 9.10. The van der Waals surface area contributed by atoms with Crippen LogP contribution in [0.1, 0.15) is 29.9 Å². The summed E-state index contributed by atoms with van der Waals surface area (Å²) in [5, 5.41) is 4.61. The van der Waals surface area contributed by atoms with E-state index in [4.69, 9.17) is 4.42 Å². The maximum Gasteiger partial charge on any atom is 0.134 e. The molecular formula is C18H18BrNO. The number of hydrogen-bond donors (Lipinski definition) is 1. The molecule has 0 aliphatic carbocycles. The highest BCUT2D eigenvalue weighted by atomic mass is 79.9. The molecule has 1 atom stereocenters. The minimum absolute atomic E-state index is 0.123. The minimum Gasteiger partial charge on any atom is -0.459 e. The van der Waals surface area contributed by atoms with E-state index >= 15 is 0 Å². The molecular weight excluding hydrogens is 326 g/mol. The summed E-state index contributed by atoms with van der Waals surface area (Å²) in [7, 11) is 0. The molecule has 0 amide bonds. The quantitative estimate of drug-likeness (QED) is 0.632. The molecule has 108 valence electrons. The molecule has 0 fully saturated rings. The van der Waals surface area contributed by atoms with Gasteiger partial charge < -0.3 is 9.73 Å². The van der Waals surface area contributed by atoms with E-state index in [1.165, 1.54) is 11.1 Å². The lowest BCUT2D eigenvalue weighted by atomic mass is 10.1. The van der Waals surface area contributed by atoms with Crippen molar-refractivity contribution < 1.29 is 4.42 Å². The van der Waals surface area contributed by atoms with Crippen LogP contribution < -0.4 is 5.32 Å². The molecule has 0 saturated carbocycles. The maximum absolute atomic E-state index is 5.93. The number of anilines is 1. The fraction of sp³-hybridized carbons (Fsp3) is 0.222. The average Bonchev–Trinajstić information content (AvgIpc) is 2.86. The van der Waals surface area contributed by atoms with E-state index in [1.54, 1.807) is 0 Å². The molecule has 1 N–H and O–H groups in total. The predicted molar refractivity (Wildman–Crippen MR) is 91.9 cm³/mol. The second-order valence-electron chi connectivity index (χ2n) is 5.50. The second-order valence-corrected chi connectivity index (χ2v) is 6.41. The Balaban J connectivity index is 1.85. The van der Waals surface area contributed by atoms with Crippen molar-refractivity contribution in [2.45, 2.75) is 26.8 Å². The molecule has 21 heavy (non-hydrogen) atoms. The topological polar surface area (TPSA) is 25.2 Å². The van der Waals surface area contributed by atoms with E-state index < -0.39 is 0 Å². The zero-order chi connectivity index (χ0) is 15.0. The van der Waals surface area contributed by atoms with Crippen LogP contribution in [-0.4, -0.2) is 0 Å². The highest BCUT2D eigenvalue weighted by Gasteiger charge is 2.12. The molecule has 1 aromatic heterocycles. The van der Waals surface area contributed by atoms with Crippen LogP contribution in [-0.2, 0) is 0 Å². The average molecular weight is 344 g/mol. The number of halogens is 1. The van der Waals surface area contributed by atoms with Gasteiger partial charge in [0.2, 0.25) is 0 Å². The third kappa shape index (κ3) is 2.98. The normalized spacial score (nSPS) is 12.6. The zero-order valence-corrected chi connectivity index (χ0v) is 14.0. The molecule has 1 unspecified atom stereocenters. The molecule has 0 aliphatic rings. The van der Waals surface area contributed by atoms with E-state index in [1.807, 2.05) is 12.1 Å². The molecule has 3 rings (SSSR count). The van der Waals surface area contributed by atoms with Crippen LogP contribution in [0.5, 0.6) is 0 Å². The van der Waals surface area contributed by atoms with Gasteiger partial charge in [0.1, 0.15) is 11.3 Å². The molecule has 3 aromatic rings. The first kappa shape index (κ1) is 14.2. The third-order valence-corrected chi connectivity index (χ3v) is 4.31. The number of fused-ring (bicyclic) bond motifs is 1. The fourth-order valence-corrected chi connectivity index (χ4v) is 2.78. The minimum atomic E-state index is 0.123. The number of furan rings is 1. The summed E-state index contributed by atoms with van der Waals surface area (Å²) in [6.07, 6.45) is 0. The van der Waals surface area contributed by atoms with Gasteiger partial charge in [-0.2, -0.15) is 0 Å². The first-order valence-electron chi connectivity index (χ1n) is 7.06. The SMILES string of the molecule is Cc1ccc(NC(C)c2cc3cc(Br)ccc3o2)cc1C. The van der Waals surface area contributed by atoms with Crippen molar-refractivity contribution in [2.75, 3.05) is 5.32 Å². The van der Waals surface area contributed by atoms with Gasteiger partial charge in [0.25, 0.3) is 0 Å². The Morgan fingerprint density at radius 2 is 1.81 bits per heavy atom. The van der Waals surface area contributed by atoms with Gasteiger partial charge in [-0.3, -0.25) is 0 Å². The number of aryl methyl sites for hydroxylation is 2. The lowest BCUT2D eigenvalue weighted by Gasteiger charge is -2.14. The van der Waals surface area contributed by atoms with Crippen molar-refractivity contribution in [1.82, 2.24) is 0 Å². The number of rotatable bonds is 3. The van der Waals surface area contributed by atoms with Gasteiger partial charge >= 0.3 is 0 Å². The molecule has 0 spiro atoms. The largest absolute Gasteiger partial charge is 0.459 e. The number of nitrogens with one attached hydrogen (secondary N) is 1. The summed E-state index contributed by atoms with van der Waals surface area (Å²) in [4.78, 5) is 0. The fourth-order valence-electron chi connectivity index (χ4n) is 2.40. The summed E-state index contributed by atoms with van der Waals surface area (Å²) < 4.78 is 6.99. The summed E-state index contributed by atoms with van der Waals surface area (Å²) >= 11 is 3.49. The van der Waals surface area contributed by atoms with Gasteiger partial charge in [0.15, 0.2) is 0 Å². The Kier molecular flexibility index (Phi) is 3.77. The van der Waals surface area contributed by atoms with Gasteiger partial charge in [-0.25, -0.2) is 0 Å². The van der Waals surface area contributed by atoms with Crippen LogP contribution in [0.15, 0.2) is 51.4 Å². The Hall–Kier alpha value is -1.74. The Bertz CT molecular complexity index is 791. The van der Waals surface area contributed by atoms with Crippen LogP contribution >= 0.6 is 15.9 Å². The smallest absolute Gasteiger partial charge is 0.134 e. The van der Waals surface area contributed by atoms with Crippen molar-refractivity contribution in [3.63, 3.8) is 0 Å². The summed E-state index contributed by atoms with van der Waals surface area (Å²) in [6.45, 7) is 6.37. The van der Waals surface area contributed by atoms with Gasteiger partial charge in [0, 0.05) is 15.5 Å². The number of hydrogen-bond acceptors (Lipinski definition) is 2. The van der Waals surface area contributed by atoms with Crippen LogP contribution in [0.25, 0.3) is 11.0 Å². The first-order chi connectivity index (χ1) is 10.0. The van der Waals surface area contributed by atoms with Crippen LogP contribution in [0.4, 0.5) is 5.69 Å². The maximum atomic E-state index is 5.93. The summed E-state index contributed by atoms with van der Waals surface area (Å²) in [5.74, 6) is 0.946. The van der Waals surface area contributed by atoms with Crippen molar-refractivity contribution in [3.05, 3.63) is 63.8 Å². The van der Waals surface area contributed by atoms with Gasteiger partial charge in [-0.1, -0.05) is 22.0 Å². The molecule has 0 bridgehead atoms. The molecule has 0 saturated heterocycles. The molecule has 0 aliphatic heterocycles. The molecule has 2 aromatic carbocycles. The Morgan fingerprint density at radius 3 is 2.57 bits per heavy atom. The van der Waals surface area contributed by atoms with E-state index in [-0.39, 0.29) is 6.04 Å². The lowest BCUT2D eigenvalue weighted by Crippen LogP contribution is -2.05. The monoisotopic (exact) mass is 343 g/mol. The van der Waals surface area contributed by atoms with Gasteiger partial charge in [0.05, 0.1) is 6.04 Å². The van der Waals surface area contributed by atoms with Crippen LogP contribution in [0.3, 0.4) is 0 Å². The van der Waals surface area contributed by atoms with Crippen LogP contribution in [0.2, 0.25) is 0 Å². The summed E-state index contributed by atoms with van der Waals surface area (Å²) in [6, 6.07) is 14.7. The lowest BCUT2D eigenvalue weighted by molar-refractivity contribution is 0.526. The standard InChI is InChI=1S/C18H18BrNO/c1-11-4-6-16(8-12(11)2)20-13(3)18-10-14-9-15(19)5-7-17(14)21-18/h4-10,13,20H,1-3H3. The van der Waals surface area contributed by atoms with E-state index in [2.05, 4.69) is 72.3 Å². The molecule has 0 radical (unpaired) electrons. The van der Waals surface area contributed by atoms with Crippen molar-refractivity contribution in [1.29, 1.82) is 0 Å². The van der Waals surface area contributed by atoms with E-state index in [0.717, 1.165) is 26.9 Å². The Labute approximate surface area is 133 Å². The molecule has 1 heterocycles. The number of benzene rings is 2. The zero-order valence-electron chi connectivity index (χ0n) is 12.4. The van der Waals surface area contributed by atoms with E-state index in [9.17, 15) is 0 Å². The van der Waals surface area contributed by atoms with Crippen molar-refractivity contribution >= 4 is 32.6 Å². The summed E-state index contributed by atoms with van der Waals surface area (Å²) in [5.41, 5.74) is 4.64. The van der Waals surface area contributed by atoms with Crippen molar-refractivity contribution in [2.24, 2.45) is 0 Å². The molecule has 3 heteroatoms. The predicted octanol–water partition coefficient (Wildman–Crippen LogP) is 5.99. The van der Waals surface area contributed by atoms with Gasteiger partial charge in [-0.05, 0) is 68.3 Å². The Morgan fingerprint density at radius 1 is 1.00 bits per heavy atom. The highest BCUT2D eigenvalue weighted by Crippen LogP contribution is 2.28. The van der Waals surface area contributed by atoms with Crippen LogP contribution in [0, 0.1) is 13.8 Å². The molecule has 2 nitrogen and oxygen atoms in total. The van der Waals surface area contributed by atoms with E-state index in [0.29, 0.717) is 0 Å².